The third-order valence-electron chi connectivity index (χ3n) is 3.90. The van der Waals surface area contributed by atoms with Gasteiger partial charge in [0.15, 0.2) is 0 Å². The Morgan fingerprint density at radius 1 is 1.24 bits per heavy atom. The molecule has 1 aromatic rings. The van der Waals surface area contributed by atoms with Crippen LogP contribution in [0, 0.1) is 11.8 Å². The van der Waals surface area contributed by atoms with Crippen LogP contribution in [-0.2, 0) is 11.3 Å². The molecule has 0 saturated heterocycles. The van der Waals surface area contributed by atoms with Crippen molar-refractivity contribution in [2.24, 2.45) is 11.8 Å². The second-order valence-corrected chi connectivity index (χ2v) is 6.57. The molecule has 1 N–H and O–H groups in total. The highest BCUT2D eigenvalue weighted by atomic mass is 16.1. The van der Waals surface area contributed by atoms with Crippen molar-refractivity contribution in [3.05, 3.63) is 11.9 Å². The maximum absolute atomic E-state index is 11.8. The molecule has 1 heterocycles. The summed E-state index contributed by atoms with van der Waals surface area (Å²) in [6.07, 6.45) is 5.61. The lowest BCUT2D eigenvalue weighted by Gasteiger charge is -2.18. The Kier molecular flexibility index (Phi) is 7.40. The molecule has 0 aliphatic carbocycles. The fourth-order valence-electron chi connectivity index (χ4n) is 2.13. The Morgan fingerprint density at radius 2 is 1.95 bits per heavy atom. The molecule has 21 heavy (non-hydrogen) atoms. The van der Waals surface area contributed by atoms with Crippen LogP contribution >= 0.6 is 0 Å². The first-order chi connectivity index (χ1) is 9.91. The molecule has 5 heteroatoms. The van der Waals surface area contributed by atoms with Gasteiger partial charge in [-0.2, -0.15) is 0 Å². The van der Waals surface area contributed by atoms with Crippen molar-refractivity contribution in [2.45, 2.75) is 72.9 Å². The van der Waals surface area contributed by atoms with Gasteiger partial charge in [0.05, 0.1) is 24.5 Å². The normalized spacial score (nSPS) is 12.9. The van der Waals surface area contributed by atoms with Gasteiger partial charge < -0.3 is 5.32 Å². The van der Waals surface area contributed by atoms with Crippen LogP contribution in [-0.4, -0.2) is 20.9 Å². The molecule has 5 nitrogen and oxygen atoms in total. The summed E-state index contributed by atoms with van der Waals surface area (Å²) in [5, 5.41) is 11.1. The summed E-state index contributed by atoms with van der Waals surface area (Å²) in [6.45, 7) is 11.4. The van der Waals surface area contributed by atoms with E-state index in [1.165, 1.54) is 6.42 Å². The van der Waals surface area contributed by atoms with E-state index in [4.69, 9.17) is 0 Å². The largest absolute Gasteiger partial charge is 0.350 e. The van der Waals surface area contributed by atoms with Gasteiger partial charge >= 0.3 is 0 Å². The average molecular weight is 294 g/mol. The van der Waals surface area contributed by atoms with Gasteiger partial charge in [-0.3, -0.25) is 4.79 Å². The maximum atomic E-state index is 11.8. The second kappa shape index (κ2) is 8.80. The number of nitrogens with zero attached hydrogens (tertiary/aromatic N) is 3. The monoisotopic (exact) mass is 294 g/mol. The number of amides is 1. The molecule has 1 amide bonds. The van der Waals surface area contributed by atoms with Crippen LogP contribution in [0.2, 0.25) is 0 Å². The third kappa shape index (κ3) is 6.27. The zero-order valence-corrected chi connectivity index (χ0v) is 14.1. The molecule has 0 aliphatic heterocycles. The topological polar surface area (TPSA) is 59.8 Å². The number of hydrogen-bond acceptors (Lipinski definition) is 3. The van der Waals surface area contributed by atoms with Gasteiger partial charge in [-0.25, -0.2) is 4.68 Å². The summed E-state index contributed by atoms with van der Waals surface area (Å²) in [5.74, 6) is 1.31. The Bertz CT molecular complexity index is 426. The highest BCUT2D eigenvalue weighted by molar-refractivity contribution is 5.75. The SMILES string of the molecule is CC(C)CCCCC(=O)NCc1cnnn1C(C)C(C)C. The number of rotatable bonds is 9. The Balaban J connectivity index is 2.35. The molecule has 1 rings (SSSR count). The molecule has 0 radical (unpaired) electrons. The van der Waals surface area contributed by atoms with Crippen LogP contribution in [0.4, 0.5) is 0 Å². The Morgan fingerprint density at radius 3 is 2.57 bits per heavy atom. The molecule has 1 unspecified atom stereocenters. The van der Waals surface area contributed by atoms with Crippen LogP contribution < -0.4 is 5.32 Å². The van der Waals surface area contributed by atoms with E-state index in [-0.39, 0.29) is 11.9 Å². The fraction of sp³-hybridized carbons (Fsp3) is 0.812. The van der Waals surface area contributed by atoms with Crippen molar-refractivity contribution >= 4 is 5.91 Å². The Hall–Kier alpha value is -1.39. The molecule has 0 saturated carbocycles. The summed E-state index contributed by atoms with van der Waals surface area (Å²) in [6, 6.07) is 0.283. The van der Waals surface area contributed by atoms with Crippen molar-refractivity contribution in [3.8, 4) is 0 Å². The predicted octanol–water partition coefficient (Wildman–Crippen LogP) is 3.33. The minimum absolute atomic E-state index is 0.115. The van der Waals surface area contributed by atoms with Gasteiger partial charge in [0.25, 0.3) is 0 Å². The number of aromatic nitrogens is 3. The van der Waals surface area contributed by atoms with E-state index in [0.717, 1.165) is 18.5 Å². The van der Waals surface area contributed by atoms with Crippen LogP contribution in [0.5, 0.6) is 0 Å². The lowest BCUT2D eigenvalue weighted by molar-refractivity contribution is -0.121. The third-order valence-corrected chi connectivity index (χ3v) is 3.90. The first-order valence-electron chi connectivity index (χ1n) is 8.07. The minimum atomic E-state index is 0.115. The van der Waals surface area contributed by atoms with Gasteiger partial charge in [0.2, 0.25) is 5.91 Å². The fourth-order valence-corrected chi connectivity index (χ4v) is 2.13. The van der Waals surface area contributed by atoms with E-state index in [0.29, 0.717) is 24.8 Å². The van der Waals surface area contributed by atoms with Gasteiger partial charge in [-0.05, 0) is 25.2 Å². The predicted molar refractivity (Wildman–Crippen MR) is 84.7 cm³/mol. The molecule has 0 bridgehead atoms. The molecule has 1 aromatic heterocycles. The highest BCUT2D eigenvalue weighted by Gasteiger charge is 2.15. The first-order valence-corrected chi connectivity index (χ1v) is 8.07. The summed E-state index contributed by atoms with van der Waals surface area (Å²) in [7, 11) is 0. The van der Waals surface area contributed by atoms with E-state index in [1.54, 1.807) is 6.20 Å². The van der Waals surface area contributed by atoms with E-state index in [9.17, 15) is 4.79 Å². The molecule has 0 aromatic carbocycles. The molecule has 1 atom stereocenters. The standard InChI is InChI=1S/C16H30N4O/c1-12(2)8-6-7-9-16(21)17-10-15-11-18-19-20(15)14(5)13(3)4/h11-14H,6-10H2,1-5H3,(H,17,21). The molecule has 0 fully saturated rings. The maximum Gasteiger partial charge on any atom is 0.220 e. The second-order valence-electron chi connectivity index (χ2n) is 6.57. The van der Waals surface area contributed by atoms with Crippen molar-refractivity contribution in [1.29, 1.82) is 0 Å². The van der Waals surface area contributed by atoms with Gasteiger partial charge in [-0.1, -0.05) is 45.7 Å². The molecule has 0 aliphatic rings. The number of unbranched alkanes of at least 4 members (excludes halogenated alkanes) is 1. The number of nitrogens with one attached hydrogen (secondary N) is 1. The minimum Gasteiger partial charge on any atom is -0.350 e. The van der Waals surface area contributed by atoms with Crippen molar-refractivity contribution < 1.29 is 4.79 Å². The highest BCUT2D eigenvalue weighted by Crippen LogP contribution is 2.17. The number of carbonyl (C=O) groups excluding carboxylic acids is 1. The lowest BCUT2D eigenvalue weighted by atomic mass is 10.1. The van der Waals surface area contributed by atoms with E-state index in [2.05, 4.69) is 50.2 Å². The summed E-state index contributed by atoms with van der Waals surface area (Å²) >= 11 is 0. The van der Waals surface area contributed by atoms with E-state index in [1.807, 2.05) is 4.68 Å². The van der Waals surface area contributed by atoms with Crippen molar-refractivity contribution in [3.63, 3.8) is 0 Å². The lowest BCUT2D eigenvalue weighted by Crippen LogP contribution is -2.25. The van der Waals surface area contributed by atoms with Crippen LogP contribution in [0.15, 0.2) is 6.20 Å². The van der Waals surface area contributed by atoms with Gasteiger partial charge in [0.1, 0.15) is 0 Å². The van der Waals surface area contributed by atoms with Crippen LogP contribution in [0.1, 0.15) is 72.0 Å². The van der Waals surface area contributed by atoms with Gasteiger partial charge in [-0.15, -0.1) is 5.10 Å². The van der Waals surface area contributed by atoms with Gasteiger partial charge in [0, 0.05) is 6.42 Å². The van der Waals surface area contributed by atoms with E-state index >= 15 is 0 Å². The zero-order valence-electron chi connectivity index (χ0n) is 14.1. The van der Waals surface area contributed by atoms with Crippen LogP contribution in [0.25, 0.3) is 0 Å². The first kappa shape index (κ1) is 17.7. The number of carbonyl (C=O) groups is 1. The summed E-state index contributed by atoms with van der Waals surface area (Å²) < 4.78 is 1.91. The molecular formula is C16H30N4O. The Labute approximate surface area is 128 Å². The van der Waals surface area contributed by atoms with Crippen LogP contribution in [0.3, 0.4) is 0 Å². The van der Waals surface area contributed by atoms with E-state index < -0.39 is 0 Å². The molecule has 120 valence electrons. The van der Waals surface area contributed by atoms with Crippen molar-refractivity contribution in [1.82, 2.24) is 20.3 Å². The summed E-state index contributed by atoms with van der Waals surface area (Å²) in [5.41, 5.74) is 0.965. The molecule has 0 spiro atoms. The zero-order chi connectivity index (χ0) is 15.8. The average Bonchev–Trinajstić information content (AvgIpc) is 2.88. The molecular weight excluding hydrogens is 264 g/mol. The van der Waals surface area contributed by atoms with Crippen molar-refractivity contribution in [2.75, 3.05) is 0 Å². The smallest absolute Gasteiger partial charge is 0.220 e. The quantitative estimate of drug-likeness (QED) is 0.711. The summed E-state index contributed by atoms with van der Waals surface area (Å²) in [4.78, 5) is 11.8. The number of hydrogen-bond donors (Lipinski definition) is 1.